The number of hydrogen-bond acceptors (Lipinski definition) is 3. The van der Waals surface area contributed by atoms with E-state index in [2.05, 4.69) is 9.80 Å². The van der Waals surface area contributed by atoms with E-state index in [4.69, 9.17) is 0 Å². The Morgan fingerprint density at radius 2 is 1.74 bits per heavy atom. The van der Waals surface area contributed by atoms with E-state index in [0.717, 1.165) is 25.4 Å². The number of carbonyl (C=O) groups is 1. The van der Waals surface area contributed by atoms with Gasteiger partial charge in [-0.05, 0) is 51.7 Å². The number of carbonyl (C=O) groups excluding carboxylic acids is 1. The number of rotatable bonds is 4. The minimum Gasteiger partial charge on any atom is -0.303 e. The van der Waals surface area contributed by atoms with Crippen LogP contribution in [0.4, 0.5) is 0 Å². The summed E-state index contributed by atoms with van der Waals surface area (Å²) in [4.78, 5) is 16.8. The van der Waals surface area contributed by atoms with Crippen molar-refractivity contribution in [1.82, 2.24) is 9.80 Å². The van der Waals surface area contributed by atoms with Crippen LogP contribution in [0, 0.1) is 5.41 Å². The minimum atomic E-state index is -0.00184. The summed E-state index contributed by atoms with van der Waals surface area (Å²) < 4.78 is 0. The van der Waals surface area contributed by atoms with E-state index in [1.54, 1.807) is 0 Å². The smallest absolute Gasteiger partial charge is 0.127 e. The molecule has 1 unspecified atom stereocenters. The zero-order valence-corrected chi connectivity index (χ0v) is 12.1. The summed E-state index contributed by atoms with van der Waals surface area (Å²) in [6.07, 6.45) is 11.5. The summed E-state index contributed by atoms with van der Waals surface area (Å²) in [7, 11) is 0. The van der Waals surface area contributed by atoms with E-state index < -0.39 is 0 Å². The van der Waals surface area contributed by atoms with E-state index in [-0.39, 0.29) is 5.41 Å². The normalized spacial score (nSPS) is 32.7. The molecule has 0 radical (unpaired) electrons. The molecule has 1 aliphatic carbocycles. The molecule has 0 amide bonds. The van der Waals surface area contributed by atoms with E-state index in [1.165, 1.54) is 71.0 Å². The van der Waals surface area contributed by atoms with Gasteiger partial charge in [0.15, 0.2) is 0 Å². The van der Waals surface area contributed by atoms with Crippen LogP contribution >= 0.6 is 0 Å². The maximum absolute atomic E-state index is 11.6. The second-order valence-electron chi connectivity index (χ2n) is 6.96. The third-order valence-electron chi connectivity index (χ3n) is 5.54. The third-order valence-corrected chi connectivity index (χ3v) is 5.54. The first-order chi connectivity index (χ1) is 9.31. The molecule has 3 aliphatic rings. The topological polar surface area (TPSA) is 23.6 Å². The second kappa shape index (κ2) is 5.92. The fraction of sp³-hybridized carbons (Fsp3) is 0.938. The van der Waals surface area contributed by atoms with Gasteiger partial charge >= 0.3 is 0 Å². The first-order valence-electron chi connectivity index (χ1n) is 8.24. The summed E-state index contributed by atoms with van der Waals surface area (Å²) in [5.74, 6) is 0. The van der Waals surface area contributed by atoms with Gasteiger partial charge in [-0.25, -0.2) is 0 Å². The molecule has 0 spiro atoms. The van der Waals surface area contributed by atoms with Crippen LogP contribution in [0.25, 0.3) is 0 Å². The molecule has 19 heavy (non-hydrogen) atoms. The molecule has 108 valence electrons. The average Bonchev–Trinajstić information content (AvgIpc) is 3.10. The van der Waals surface area contributed by atoms with E-state index in [0.29, 0.717) is 0 Å². The van der Waals surface area contributed by atoms with Gasteiger partial charge in [0, 0.05) is 24.5 Å². The van der Waals surface area contributed by atoms with Crippen molar-refractivity contribution in [3.05, 3.63) is 0 Å². The van der Waals surface area contributed by atoms with Gasteiger partial charge in [-0.3, -0.25) is 4.90 Å². The van der Waals surface area contributed by atoms with Crippen molar-refractivity contribution < 1.29 is 4.79 Å². The Balaban J connectivity index is 1.54. The van der Waals surface area contributed by atoms with Gasteiger partial charge in [0.05, 0.1) is 0 Å². The lowest BCUT2D eigenvalue weighted by molar-refractivity contribution is -0.119. The quantitative estimate of drug-likeness (QED) is 0.728. The molecule has 3 fully saturated rings. The van der Waals surface area contributed by atoms with Gasteiger partial charge in [-0.1, -0.05) is 19.3 Å². The largest absolute Gasteiger partial charge is 0.303 e. The third kappa shape index (κ3) is 3.03. The van der Waals surface area contributed by atoms with Crippen molar-refractivity contribution in [2.75, 3.05) is 32.7 Å². The highest BCUT2D eigenvalue weighted by Gasteiger charge is 2.37. The predicted octanol–water partition coefficient (Wildman–Crippen LogP) is 2.31. The van der Waals surface area contributed by atoms with Crippen molar-refractivity contribution in [2.24, 2.45) is 5.41 Å². The number of aldehydes is 1. The van der Waals surface area contributed by atoms with Crippen LogP contribution in [0.15, 0.2) is 0 Å². The highest BCUT2D eigenvalue weighted by molar-refractivity contribution is 5.60. The van der Waals surface area contributed by atoms with Gasteiger partial charge in [-0.15, -0.1) is 0 Å². The van der Waals surface area contributed by atoms with Crippen molar-refractivity contribution >= 4 is 6.29 Å². The highest BCUT2D eigenvalue weighted by Crippen LogP contribution is 2.36. The molecule has 1 saturated carbocycles. The zero-order valence-electron chi connectivity index (χ0n) is 12.1. The number of hydrogen-bond donors (Lipinski definition) is 0. The number of likely N-dealkylation sites (tertiary alicyclic amines) is 2. The summed E-state index contributed by atoms with van der Waals surface area (Å²) in [5.41, 5.74) is -0.00184. The fourth-order valence-corrected chi connectivity index (χ4v) is 4.38. The summed E-state index contributed by atoms with van der Waals surface area (Å²) in [6.45, 7) is 6.04. The van der Waals surface area contributed by atoms with Gasteiger partial charge in [-0.2, -0.15) is 0 Å². The van der Waals surface area contributed by atoms with Crippen LogP contribution in [0.1, 0.15) is 51.4 Å². The van der Waals surface area contributed by atoms with Crippen molar-refractivity contribution in [2.45, 2.75) is 57.4 Å². The maximum atomic E-state index is 11.6. The van der Waals surface area contributed by atoms with Crippen LogP contribution in [0.3, 0.4) is 0 Å². The SMILES string of the molecule is O=CC1(CN2CCC(N3CCCC3)C2)CCCCC1. The lowest BCUT2D eigenvalue weighted by Crippen LogP contribution is -2.41. The predicted molar refractivity (Wildman–Crippen MR) is 77.2 cm³/mol. The molecule has 2 saturated heterocycles. The fourth-order valence-electron chi connectivity index (χ4n) is 4.38. The first-order valence-corrected chi connectivity index (χ1v) is 8.24. The van der Waals surface area contributed by atoms with E-state index in [9.17, 15) is 4.79 Å². The van der Waals surface area contributed by atoms with Gasteiger partial charge in [0.25, 0.3) is 0 Å². The Morgan fingerprint density at radius 1 is 1.00 bits per heavy atom. The van der Waals surface area contributed by atoms with Crippen LogP contribution in [0.2, 0.25) is 0 Å². The Labute approximate surface area is 117 Å². The summed E-state index contributed by atoms with van der Waals surface area (Å²) in [5, 5.41) is 0. The molecule has 2 heterocycles. The van der Waals surface area contributed by atoms with Crippen molar-refractivity contribution in [3.63, 3.8) is 0 Å². The van der Waals surface area contributed by atoms with Crippen LogP contribution in [-0.2, 0) is 4.79 Å². The molecule has 2 aliphatic heterocycles. The Hall–Kier alpha value is -0.410. The van der Waals surface area contributed by atoms with Crippen molar-refractivity contribution in [3.8, 4) is 0 Å². The molecule has 0 N–H and O–H groups in total. The molecule has 3 rings (SSSR count). The maximum Gasteiger partial charge on any atom is 0.127 e. The summed E-state index contributed by atoms with van der Waals surface area (Å²) in [6, 6.07) is 0.773. The number of nitrogens with zero attached hydrogens (tertiary/aromatic N) is 2. The van der Waals surface area contributed by atoms with Crippen LogP contribution in [-0.4, -0.2) is 54.9 Å². The monoisotopic (exact) mass is 264 g/mol. The first kappa shape index (κ1) is 13.6. The molecule has 1 atom stereocenters. The van der Waals surface area contributed by atoms with E-state index >= 15 is 0 Å². The Morgan fingerprint density at radius 3 is 2.42 bits per heavy atom. The Kier molecular flexibility index (Phi) is 4.23. The minimum absolute atomic E-state index is 0.00184. The van der Waals surface area contributed by atoms with Gasteiger partial charge in [0.2, 0.25) is 0 Å². The standard InChI is InChI=1S/C16H28N2O/c19-14-16(7-2-1-3-8-16)13-17-11-6-15(12-17)18-9-4-5-10-18/h14-15H,1-13H2. The molecule has 0 bridgehead atoms. The molecule has 3 heteroatoms. The molecular weight excluding hydrogens is 236 g/mol. The molecule has 3 nitrogen and oxygen atoms in total. The lowest BCUT2D eigenvalue weighted by atomic mass is 9.75. The second-order valence-corrected chi connectivity index (χ2v) is 6.96. The summed E-state index contributed by atoms with van der Waals surface area (Å²) >= 11 is 0. The molecule has 0 aromatic heterocycles. The molecular formula is C16H28N2O. The molecule has 0 aromatic carbocycles. The van der Waals surface area contributed by atoms with E-state index in [1.807, 2.05) is 0 Å². The van der Waals surface area contributed by atoms with Crippen molar-refractivity contribution in [1.29, 1.82) is 0 Å². The lowest BCUT2D eigenvalue weighted by Gasteiger charge is -2.35. The van der Waals surface area contributed by atoms with Crippen LogP contribution < -0.4 is 0 Å². The van der Waals surface area contributed by atoms with Crippen LogP contribution in [0.5, 0.6) is 0 Å². The Bertz CT molecular complexity index is 306. The van der Waals surface area contributed by atoms with Gasteiger partial charge in [0.1, 0.15) is 6.29 Å². The average molecular weight is 264 g/mol. The zero-order chi connectivity index (χ0) is 13.1. The highest BCUT2D eigenvalue weighted by atomic mass is 16.1. The molecule has 0 aromatic rings. The van der Waals surface area contributed by atoms with Gasteiger partial charge < -0.3 is 9.69 Å².